The van der Waals surface area contributed by atoms with E-state index < -0.39 is 15.1 Å². The number of sulfone groups is 1. The Morgan fingerprint density at radius 2 is 2.00 bits per heavy atom. The normalized spacial score (nSPS) is 15.4. The average Bonchev–Trinajstić information content (AvgIpc) is 2.28. The van der Waals surface area contributed by atoms with Gasteiger partial charge in [0.15, 0.2) is 9.84 Å². The van der Waals surface area contributed by atoms with E-state index in [9.17, 15) is 12.8 Å². The zero-order chi connectivity index (χ0) is 13.9. The van der Waals surface area contributed by atoms with Gasteiger partial charge < -0.3 is 5.32 Å². The van der Waals surface area contributed by atoms with Gasteiger partial charge >= 0.3 is 0 Å². The summed E-state index contributed by atoms with van der Waals surface area (Å²) in [5.74, 6) is -0.277. The first-order valence-electron chi connectivity index (χ1n) is 5.95. The summed E-state index contributed by atoms with van der Waals surface area (Å²) >= 11 is 0. The SMILES string of the molecule is CCNC(c1ccc(F)c(C)c1)C(C)S(C)(=O)=O. The molecule has 1 aromatic rings. The smallest absolute Gasteiger partial charge is 0.151 e. The molecule has 0 fully saturated rings. The number of aryl methyl sites for hydroxylation is 1. The van der Waals surface area contributed by atoms with Gasteiger partial charge in [0.2, 0.25) is 0 Å². The zero-order valence-corrected chi connectivity index (χ0v) is 12.0. The number of rotatable bonds is 5. The summed E-state index contributed by atoms with van der Waals surface area (Å²) in [4.78, 5) is 0. The van der Waals surface area contributed by atoms with Crippen molar-refractivity contribution in [2.45, 2.75) is 32.1 Å². The lowest BCUT2D eigenvalue weighted by Crippen LogP contribution is -2.35. The molecule has 2 unspecified atom stereocenters. The molecule has 0 spiro atoms. The molecule has 0 saturated carbocycles. The third-order valence-electron chi connectivity index (χ3n) is 3.11. The largest absolute Gasteiger partial charge is 0.309 e. The Kier molecular flexibility index (Phi) is 4.87. The number of hydrogen-bond donors (Lipinski definition) is 1. The minimum atomic E-state index is -3.15. The van der Waals surface area contributed by atoms with E-state index in [0.29, 0.717) is 12.1 Å². The van der Waals surface area contributed by atoms with Crippen LogP contribution in [0.3, 0.4) is 0 Å². The summed E-state index contributed by atoms with van der Waals surface area (Å²) in [5.41, 5.74) is 1.32. The molecule has 0 bridgehead atoms. The topological polar surface area (TPSA) is 46.2 Å². The molecule has 1 N–H and O–H groups in total. The molecule has 0 aliphatic heterocycles. The van der Waals surface area contributed by atoms with Crippen LogP contribution in [0.5, 0.6) is 0 Å². The lowest BCUT2D eigenvalue weighted by molar-refractivity contribution is 0.511. The van der Waals surface area contributed by atoms with E-state index in [2.05, 4.69) is 5.32 Å². The minimum absolute atomic E-state index is 0.277. The van der Waals surface area contributed by atoms with Crippen molar-refractivity contribution in [3.63, 3.8) is 0 Å². The van der Waals surface area contributed by atoms with Crippen LogP contribution in [-0.2, 0) is 9.84 Å². The first-order valence-corrected chi connectivity index (χ1v) is 7.91. The van der Waals surface area contributed by atoms with Crippen molar-refractivity contribution in [1.29, 1.82) is 0 Å². The van der Waals surface area contributed by atoms with Crippen molar-refractivity contribution in [2.24, 2.45) is 0 Å². The van der Waals surface area contributed by atoms with Crippen LogP contribution in [0.2, 0.25) is 0 Å². The average molecular weight is 273 g/mol. The predicted molar refractivity (Wildman–Crippen MR) is 71.9 cm³/mol. The van der Waals surface area contributed by atoms with Crippen molar-refractivity contribution < 1.29 is 12.8 Å². The Balaban J connectivity index is 3.15. The third kappa shape index (κ3) is 3.53. The van der Waals surface area contributed by atoms with E-state index in [1.165, 1.54) is 12.3 Å². The number of halogens is 1. The van der Waals surface area contributed by atoms with Gasteiger partial charge in [-0.15, -0.1) is 0 Å². The highest BCUT2D eigenvalue weighted by molar-refractivity contribution is 7.91. The second-order valence-electron chi connectivity index (χ2n) is 4.58. The molecule has 18 heavy (non-hydrogen) atoms. The van der Waals surface area contributed by atoms with Gasteiger partial charge in [-0.1, -0.05) is 19.1 Å². The Labute approximate surface area is 108 Å². The van der Waals surface area contributed by atoms with Gasteiger partial charge in [0.05, 0.1) is 5.25 Å². The maximum absolute atomic E-state index is 13.2. The highest BCUT2D eigenvalue weighted by Gasteiger charge is 2.26. The molecule has 0 amide bonds. The van der Waals surface area contributed by atoms with Crippen molar-refractivity contribution in [2.75, 3.05) is 12.8 Å². The van der Waals surface area contributed by atoms with Crippen LogP contribution in [0.1, 0.15) is 31.0 Å². The molecule has 3 nitrogen and oxygen atoms in total. The van der Waals surface area contributed by atoms with Crippen molar-refractivity contribution in [3.05, 3.63) is 35.1 Å². The highest BCUT2D eigenvalue weighted by Crippen LogP contribution is 2.23. The zero-order valence-electron chi connectivity index (χ0n) is 11.2. The minimum Gasteiger partial charge on any atom is -0.309 e. The van der Waals surface area contributed by atoms with E-state index in [1.807, 2.05) is 6.92 Å². The summed E-state index contributed by atoms with van der Waals surface area (Å²) in [7, 11) is -3.15. The summed E-state index contributed by atoms with van der Waals surface area (Å²) in [6.07, 6.45) is 1.22. The van der Waals surface area contributed by atoms with Gasteiger partial charge in [-0.05, 0) is 37.6 Å². The van der Waals surface area contributed by atoms with Crippen LogP contribution < -0.4 is 5.32 Å². The molecular weight excluding hydrogens is 253 g/mol. The molecule has 0 heterocycles. The molecule has 1 rings (SSSR count). The fraction of sp³-hybridized carbons (Fsp3) is 0.538. The maximum Gasteiger partial charge on any atom is 0.151 e. The van der Waals surface area contributed by atoms with Gasteiger partial charge in [0.1, 0.15) is 5.82 Å². The Bertz CT molecular complexity index is 514. The van der Waals surface area contributed by atoms with Crippen molar-refractivity contribution in [3.8, 4) is 0 Å². The molecule has 0 aromatic heterocycles. The van der Waals surface area contributed by atoms with Crippen LogP contribution in [-0.4, -0.2) is 26.5 Å². The van der Waals surface area contributed by atoms with Crippen LogP contribution in [0, 0.1) is 12.7 Å². The number of nitrogens with one attached hydrogen (secondary N) is 1. The second-order valence-corrected chi connectivity index (χ2v) is 6.98. The van der Waals surface area contributed by atoms with Gasteiger partial charge in [0.25, 0.3) is 0 Å². The van der Waals surface area contributed by atoms with E-state index in [4.69, 9.17) is 0 Å². The fourth-order valence-corrected chi connectivity index (χ4v) is 2.63. The van der Waals surface area contributed by atoms with Gasteiger partial charge in [-0.3, -0.25) is 0 Å². The van der Waals surface area contributed by atoms with E-state index in [-0.39, 0.29) is 11.9 Å². The summed E-state index contributed by atoms with van der Waals surface area (Å²) < 4.78 is 36.6. The second kappa shape index (κ2) is 5.80. The van der Waals surface area contributed by atoms with Crippen LogP contribution in [0.15, 0.2) is 18.2 Å². The molecule has 2 atom stereocenters. The standard InChI is InChI=1S/C13H20FNO2S/c1-5-15-13(10(3)18(4,16)17)11-6-7-12(14)9(2)8-11/h6-8,10,13,15H,5H2,1-4H3. The van der Waals surface area contributed by atoms with Gasteiger partial charge in [-0.25, -0.2) is 12.8 Å². The van der Waals surface area contributed by atoms with Crippen molar-refractivity contribution >= 4 is 9.84 Å². The Hall–Kier alpha value is -0.940. The fourth-order valence-electron chi connectivity index (χ4n) is 1.88. The molecule has 0 saturated heterocycles. The number of hydrogen-bond acceptors (Lipinski definition) is 3. The monoisotopic (exact) mass is 273 g/mol. The first kappa shape index (κ1) is 15.1. The molecule has 5 heteroatoms. The quantitative estimate of drug-likeness (QED) is 0.894. The predicted octanol–water partition coefficient (Wildman–Crippen LogP) is 2.22. The van der Waals surface area contributed by atoms with Crippen LogP contribution >= 0.6 is 0 Å². The van der Waals surface area contributed by atoms with Crippen LogP contribution in [0.4, 0.5) is 4.39 Å². The van der Waals surface area contributed by atoms with E-state index in [1.54, 1.807) is 26.0 Å². The Morgan fingerprint density at radius 3 is 2.44 bits per heavy atom. The lowest BCUT2D eigenvalue weighted by Gasteiger charge is -2.24. The third-order valence-corrected chi connectivity index (χ3v) is 4.73. The molecule has 0 aliphatic carbocycles. The summed E-state index contributed by atoms with van der Waals surface area (Å²) in [6.45, 7) is 5.91. The van der Waals surface area contributed by atoms with E-state index in [0.717, 1.165) is 5.56 Å². The first-order chi connectivity index (χ1) is 8.27. The molecule has 0 radical (unpaired) electrons. The van der Waals surface area contributed by atoms with Gasteiger partial charge in [0, 0.05) is 12.3 Å². The van der Waals surface area contributed by atoms with Crippen LogP contribution in [0.25, 0.3) is 0 Å². The molecule has 102 valence electrons. The molecule has 1 aromatic carbocycles. The van der Waals surface area contributed by atoms with E-state index >= 15 is 0 Å². The highest BCUT2D eigenvalue weighted by atomic mass is 32.2. The molecule has 0 aliphatic rings. The molecular formula is C13H20FNO2S. The summed E-state index contributed by atoms with van der Waals surface area (Å²) in [6, 6.07) is 4.40. The number of benzene rings is 1. The van der Waals surface area contributed by atoms with Gasteiger partial charge in [-0.2, -0.15) is 0 Å². The maximum atomic E-state index is 13.2. The van der Waals surface area contributed by atoms with Crippen molar-refractivity contribution in [1.82, 2.24) is 5.32 Å². The Morgan fingerprint density at radius 1 is 1.39 bits per heavy atom. The lowest BCUT2D eigenvalue weighted by atomic mass is 10.0. The summed E-state index contributed by atoms with van der Waals surface area (Å²) in [5, 5.41) is 2.60.